The second kappa shape index (κ2) is 9.61. The molecule has 6 nitrogen and oxygen atoms in total. The zero-order valence-corrected chi connectivity index (χ0v) is 20.1. The smallest absolute Gasteiger partial charge is 0.322 e. The molecule has 0 aliphatic carbocycles. The Kier molecular flexibility index (Phi) is 6.63. The van der Waals surface area contributed by atoms with Crippen molar-refractivity contribution in [3.05, 3.63) is 76.3 Å². The standard InChI is InChI=1S/C27H32N4O2/c1-6-7-8-15-31-20(5)23(24(28-27(31)32)22-14-11-18(3)19(4)16-22)26-29-25(30-33-26)21-12-9-17(2)10-13-21/h9-14,16,24H,6-8,15H2,1-5H3,(H,28,32). The molecular formula is C27H32N4O2. The number of urea groups is 1. The summed E-state index contributed by atoms with van der Waals surface area (Å²) in [6, 6.07) is 13.9. The normalized spacial score (nSPS) is 16.3. The van der Waals surface area contributed by atoms with E-state index in [4.69, 9.17) is 9.51 Å². The fraction of sp³-hybridized carbons (Fsp3) is 0.370. The lowest BCUT2D eigenvalue weighted by Gasteiger charge is -2.35. The first kappa shape index (κ1) is 22.8. The van der Waals surface area contributed by atoms with E-state index in [-0.39, 0.29) is 12.1 Å². The quantitative estimate of drug-likeness (QED) is 0.431. The molecule has 1 aliphatic rings. The maximum absolute atomic E-state index is 13.1. The summed E-state index contributed by atoms with van der Waals surface area (Å²) in [6.45, 7) is 11.0. The number of carbonyl (C=O) groups excluding carboxylic acids is 1. The lowest BCUT2D eigenvalue weighted by Crippen LogP contribution is -2.46. The molecular weight excluding hydrogens is 412 g/mol. The van der Waals surface area contributed by atoms with Crippen molar-refractivity contribution >= 4 is 11.6 Å². The molecule has 0 saturated carbocycles. The van der Waals surface area contributed by atoms with Crippen LogP contribution in [0.5, 0.6) is 0 Å². The molecule has 1 aliphatic heterocycles. The van der Waals surface area contributed by atoms with E-state index in [0.717, 1.165) is 41.7 Å². The molecule has 0 radical (unpaired) electrons. The largest absolute Gasteiger partial charge is 0.334 e. The van der Waals surface area contributed by atoms with Crippen molar-refractivity contribution in [2.45, 2.75) is 59.9 Å². The second-order valence-corrected chi connectivity index (χ2v) is 8.87. The van der Waals surface area contributed by atoms with Gasteiger partial charge in [-0.3, -0.25) is 4.90 Å². The molecule has 0 bridgehead atoms. The van der Waals surface area contributed by atoms with Crippen LogP contribution in [-0.2, 0) is 0 Å². The highest BCUT2D eigenvalue weighted by Crippen LogP contribution is 2.38. The Bertz CT molecular complexity index is 1180. The Morgan fingerprint density at radius 3 is 2.45 bits per heavy atom. The highest BCUT2D eigenvalue weighted by Gasteiger charge is 2.35. The third-order valence-corrected chi connectivity index (χ3v) is 6.41. The van der Waals surface area contributed by atoms with E-state index in [1.807, 2.05) is 38.1 Å². The molecule has 0 fully saturated rings. The summed E-state index contributed by atoms with van der Waals surface area (Å²) in [7, 11) is 0. The van der Waals surface area contributed by atoms with Crippen LogP contribution in [0.25, 0.3) is 17.0 Å². The molecule has 4 rings (SSSR count). The Morgan fingerprint density at radius 2 is 1.76 bits per heavy atom. The molecule has 1 N–H and O–H groups in total. The third kappa shape index (κ3) is 4.70. The number of rotatable bonds is 7. The molecule has 1 unspecified atom stereocenters. The van der Waals surface area contributed by atoms with Crippen LogP contribution >= 0.6 is 0 Å². The van der Waals surface area contributed by atoms with Gasteiger partial charge in [0.05, 0.1) is 11.6 Å². The van der Waals surface area contributed by atoms with Gasteiger partial charge in [-0.25, -0.2) is 4.79 Å². The van der Waals surface area contributed by atoms with Gasteiger partial charge in [0.25, 0.3) is 5.89 Å². The Labute approximate surface area is 195 Å². The van der Waals surface area contributed by atoms with Crippen molar-refractivity contribution in [1.29, 1.82) is 0 Å². The van der Waals surface area contributed by atoms with Crippen LogP contribution in [0.4, 0.5) is 4.79 Å². The number of aryl methyl sites for hydroxylation is 3. The number of amides is 2. The van der Waals surface area contributed by atoms with Crippen molar-refractivity contribution in [2.24, 2.45) is 0 Å². The van der Waals surface area contributed by atoms with Gasteiger partial charge >= 0.3 is 6.03 Å². The minimum Gasteiger partial charge on any atom is -0.334 e. The number of hydrogen-bond acceptors (Lipinski definition) is 4. The number of unbranched alkanes of at least 4 members (excludes halogenated alkanes) is 2. The lowest BCUT2D eigenvalue weighted by atomic mass is 9.92. The first-order valence-electron chi connectivity index (χ1n) is 11.7. The summed E-state index contributed by atoms with van der Waals surface area (Å²) < 4.78 is 5.78. The van der Waals surface area contributed by atoms with Crippen LogP contribution < -0.4 is 5.32 Å². The van der Waals surface area contributed by atoms with Crippen molar-refractivity contribution in [3.63, 3.8) is 0 Å². The topological polar surface area (TPSA) is 71.3 Å². The van der Waals surface area contributed by atoms with Gasteiger partial charge in [0.15, 0.2) is 0 Å². The van der Waals surface area contributed by atoms with E-state index in [1.54, 1.807) is 4.90 Å². The predicted molar refractivity (Wildman–Crippen MR) is 130 cm³/mol. The molecule has 3 aromatic rings. The zero-order chi connectivity index (χ0) is 23.5. The van der Waals surface area contributed by atoms with Crippen LogP contribution in [0, 0.1) is 20.8 Å². The molecule has 6 heteroatoms. The highest BCUT2D eigenvalue weighted by atomic mass is 16.5. The maximum Gasteiger partial charge on any atom is 0.322 e. The molecule has 1 aromatic heterocycles. The van der Waals surface area contributed by atoms with Crippen LogP contribution in [0.2, 0.25) is 0 Å². The van der Waals surface area contributed by atoms with Gasteiger partial charge in [-0.1, -0.05) is 73.0 Å². The molecule has 2 amide bonds. The number of allylic oxidation sites excluding steroid dienone is 1. The van der Waals surface area contributed by atoms with E-state index in [0.29, 0.717) is 18.3 Å². The summed E-state index contributed by atoms with van der Waals surface area (Å²) >= 11 is 0. The van der Waals surface area contributed by atoms with E-state index >= 15 is 0 Å². The van der Waals surface area contributed by atoms with Gasteiger partial charge in [-0.05, 0) is 50.8 Å². The number of benzene rings is 2. The summed E-state index contributed by atoms with van der Waals surface area (Å²) in [5.41, 5.74) is 7.17. The van der Waals surface area contributed by atoms with E-state index in [9.17, 15) is 4.79 Å². The number of nitrogens with zero attached hydrogens (tertiary/aromatic N) is 3. The minimum atomic E-state index is -0.356. The first-order valence-corrected chi connectivity index (χ1v) is 11.7. The van der Waals surface area contributed by atoms with Crippen LogP contribution in [0.3, 0.4) is 0 Å². The van der Waals surface area contributed by atoms with Gasteiger partial charge in [-0.2, -0.15) is 4.98 Å². The van der Waals surface area contributed by atoms with E-state index in [1.165, 1.54) is 16.7 Å². The number of nitrogens with one attached hydrogen (secondary N) is 1. The summed E-state index contributed by atoms with van der Waals surface area (Å²) in [4.78, 5) is 19.6. The SMILES string of the molecule is CCCCCN1C(=O)NC(c2ccc(C)c(C)c2)C(c2nc(-c3ccc(C)cc3)no2)=C1C. The third-order valence-electron chi connectivity index (χ3n) is 6.41. The summed E-state index contributed by atoms with van der Waals surface area (Å²) in [6.07, 6.45) is 3.12. The van der Waals surface area contributed by atoms with Crippen LogP contribution in [0.1, 0.15) is 67.3 Å². The van der Waals surface area contributed by atoms with Crippen molar-refractivity contribution in [1.82, 2.24) is 20.4 Å². The lowest BCUT2D eigenvalue weighted by molar-refractivity contribution is 0.204. The first-order chi connectivity index (χ1) is 15.9. The van der Waals surface area contributed by atoms with Crippen molar-refractivity contribution in [2.75, 3.05) is 6.54 Å². The van der Waals surface area contributed by atoms with Gasteiger partial charge in [0, 0.05) is 17.8 Å². The molecule has 33 heavy (non-hydrogen) atoms. The van der Waals surface area contributed by atoms with Gasteiger partial charge in [0.1, 0.15) is 0 Å². The fourth-order valence-electron chi connectivity index (χ4n) is 4.19. The Hall–Kier alpha value is -3.41. The van der Waals surface area contributed by atoms with E-state index in [2.05, 4.69) is 49.4 Å². The van der Waals surface area contributed by atoms with Gasteiger partial charge in [-0.15, -0.1) is 0 Å². The highest BCUT2D eigenvalue weighted by molar-refractivity contribution is 5.87. The minimum absolute atomic E-state index is 0.0890. The van der Waals surface area contributed by atoms with Crippen LogP contribution in [-0.4, -0.2) is 27.6 Å². The molecule has 2 aromatic carbocycles. The molecule has 2 heterocycles. The number of hydrogen-bond donors (Lipinski definition) is 1. The number of carbonyl (C=O) groups is 1. The Morgan fingerprint density at radius 1 is 1.00 bits per heavy atom. The summed E-state index contributed by atoms with van der Waals surface area (Å²) in [5.74, 6) is 0.977. The molecule has 172 valence electrons. The zero-order valence-electron chi connectivity index (χ0n) is 20.1. The average molecular weight is 445 g/mol. The predicted octanol–water partition coefficient (Wildman–Crippen LogP) is 6.35. The van der Waals surface area contributed by atoms with Gasteiger partial charge < -0.3 is 9.84 Å². The average Bonchev–Trinajstić information content (AvgIpc) is 3.27. The summed E-state index contributed by atoms with van der Waals surface area (Å²) in [5, 5.41) is 7.45. The fourth-order valence-corrected chi connectivity index (χ4v) is 4.19. The maximum atomic E-state index is 13.1. The van der Waals surface area contributed by atoms with Crippen molar-refractivity contribution < 1.29 is 9.32 Å². The van der Waals surface area contributed by atoms with Crippen LogP contribution in [0.15, 0.2) is 52.7 Å². The van der Waals surface area contributed by atoms with E-state index < -0.39 is 0 Å². The molecule has 0 saturated heterocycles. The monoisotopic (exact) mass is 444 g/mol. The van der Waals surface area contributed by atoms with Crippen molar-refractivity contribution in [3.8, 4) is 11.4 Å². The van der Waals surface area contributed by atoms with Gasteiger partial charge in [0.2, 0.25) is 5.82 Å². The second-order valence-electron chi connectivity index (χ2n) is 8.87. The Balaban J connectivity index is 1.78. The molecule has 1 atom stereocenters. The molecule has 0 spiro atoms. The number of aromatic nitrogens is 2.